The van der Waals surface area contributed by atoms with Crippen LogP contribution in [-0.2, 0) is 17.8 Å². The van der Waals surface area contributed by atoms with Gasteiger partial charge in [0.25, 0.3) is 0 Å². The van der Waals surface area contributed by atoms with Crippen molar-refractivity contribution in [2.24, 2.45) is 4.99 Å². The number of aliphatic imine (C=N–C) groups is 1. The molecule has 1 saturated heterocycles. The Balaban J connectivity index is 1.28. The van der Waals surface area contributed by atoms with Gasteiger partial charge in [0.2, 0.25) is 5.91 Å². The number of aromatic nitrogens is 2. The summed E-state index contributed by atoms with van der Waals surface area (Å²) in [6.07, 6.45) is 10.4. The van der Waals surface area contributed by atoms with Crippen LogP contribution in [0.15, 0.2) is 17.4 Å². The summed E-state index contributed by atoms with van der Waals surface area (Å²) in [4.78, 5) is 23.3. The number of carbonyl (C=O) groups is 1. The van der Waals surface area contributed by atoms with Crippen LogP contribution in [0.4, 0.5) is 0 Å². The predicted molar refractivity (Wildman–Crippen MR) is 102 cm³/mol. The van der Waals surface area contributed by atoms with Gasteiger partial charge in [0.1, 0.15) is 0 Å². The number of hydrogen-bond acceptors (Lipinski definition) is 5. The fraction of sp³-hybridized carbons (Fsp3) is 0.632. The summed E-state index contributed by atoms with van der Waals surface area (Å²) in [7, 11) is 0. The van der Waals surface area contributed by atoms with Gasteiger partial charge in [0.05, 0.1) is 12.2 Å². The molecule has 0 unspecified atom stereocenters. The highest BCUT2D eigenvalue weighted by Gasteiger charge is 2.30. The van der Waals surface area contributed by atoms with Crippen molar-refractivity contribution in [3.05, 3.63) is 23.7 Å². The number of rotatable bonds is 5. The van der Waals surface area contributed by atoms with Crippen molar-refractivity contribution in [1.82, 2.24) is 24.5 Å². The first-order valence-corrected chi connectivity index (χ1v) is 9.66. The number of fused-ring (bicyclic) bond motifs is 1. The monoisotopic (exact) mass is 356 g/mol. The number of hydrogen-bond donors (Lipinski definition) is 0. The van der Waals surface area contributed by atoms with Crippen LogP contribution in [0.3, 0.4) is 0 Å². The van der Waals surface area contributed by atoms with Gasteiger partial charge in [0.15, 0.2) is 0 Å². The lowest BCUT2D eigenvalue weighted by molar-refractivity contribution is -0.135. The Labute approximate surface area is 155 Å². The Hall–Kier alpha value is -1.99. The maximum Gasteiger partial charge on any atom is 0.236 e. The summed E-state index contributed by atoms with van der Waals surface area (Å²) in [6.45, 7) is 9.47. The number of piperazine rings is 1. The zero-order valence-electron chi connectivity index (χ0n) is 15.4. The van der Waals surface area contributed by atoms with Crippen molar-refractivity contribution >= 4 is 18.8 Å². The molecule has 7 heteroatoms. The Kier molecular flexibility index (Phi) is 5.17. The summed E-state index contributed by atoms with van der Waals surface area (Å²) in [5.41, 5.74) is 2.32. The summed E-state index contributed by atoms with van der Waals surface area (Å²) in [5, 5.41) is 4.54. The fourth-order valence-corrected chi connectivity index (χ4v) is 4.10. The van der Waals surface area contributed by atoms with Crippen LogP contribution in [0.25, 0.3) is 6.20 Å². The van der Waals surface area contributed by atoms with Gasteiger partial charge in [-0.05, 0) is 19.6 Å². The van der Waals surface area contributed by atoms with Crippen LogP contribution in [0.1, 0.15) is 30.5 Å². The van der Waals surface area contributed by atoms with Crippen LogP contribution in [0.2, 0.25) is 0 Å². The first-order chi connectivity index (χ1) is 12.7. The highest BCUT2D eigenvalue weighted by Crippen LogP contribution is 2.25. The van der Waals surface area contributed by atoms with Crippen LogP contribution in [0, 0.1) is 0 Å². The molecule has 1 aliphatic carbocycles. The molecule has 140 valence electrons. The Morgan fingerprint density at radius 1 is 1.27 bits per heavy atom. The van der Waals surface area contributed by atoms with Crippen molar-refractivity contribution in [2.45, 2.75) is 38.3 Å². The number of carbonyl (C=O) groups excluding carboxylic acids is 1. The normalized spacial score (nSPS) is 22.4. The molecule has 2 fully saturated rings. The van der Waals surface area contributed by atoms with Crippen LogP contribution >= 0.6 is 0 Å². The van der Waals surface area contributed by atoms with Crippen LogP contribution < -0.4 is 0 Å². The average molecular weight is 356 g/mol. The van der Waals surface area contributed by atoms with Gasteiger partial charge in [-0.25, -0.2) is 4.68 Å². The molecule has 0 bridgehead atoms. The van der Waals surface area contributed by atoms with Crippen LogP contribution in [-0.4, -0.2) is 82.4 Å². The smallest absolute Gasteiger partial charge is 0.236 e. The molecule has 3 heterocycles. The molecule has 7 nitrogen and oxygen atoms in total. The maximum atomic E-state index is 12.7. The van der Waals surface area contributed by atoms with Gasteiger partial charge in [0, 0.05) is 75.9 Å². The zero-order chi connectivity index (χ0) is 17.9. The highest BCUT2D eigenvalue weighted by molar-refractivity contribution is 5.78. The SMILES string of the molecule is C=N/C=C/n1cc2c(n1)CCN(CC(=O)N1CCN(C3CCC3)CC1)C2. The van der Waals surface area contributed by atoms with Gasteiger partial charge >= 0.3 is 0 Å². The minimum absolute atomic E-state index is 0.268. The van der Waals surface area contributed by atoms with Gasteiger partial charge < -0.3 is 4.90 Å². The van der Waals surface area contributed by atoms with E-state index in [2.05, 4.69) is 26.6 Å². The van der Waals surface area contributed by atoms with Gasteiger partial charge in [-0.2, -0.15) is 5.10 Å². The van der Waals surface area contributed by atoms with Crippen molar-refractivity contribution < 1.29 is 4.79 Å². The lowest BCUT2D eigenvalue weighted by Crippen LogP contribution is -2.55. The predicted octanol–water partition coefficient (Wildman–Crippen LogP) is 1.07. The van der Waals surface area contributed by atoms with E-state index in [0.717, 1.165) is 57.4 Å². The summed E-state index contributed by atoms with van der Waals surface area (Å²) < 4.78 is 1.78. The molecule has 1 amide bonds. The topological polar surface area (TPSA) is 57.0 Å². The summed E-state index contributed by atoms with van der Waals surface area (Å²) in [6, 6.07) is 0.787. The van der Waals surface area contributed by atoms with Crippen LogP contribution in [0.5, 0.6) is 0 Å². The van der Waals surface area contributed by atoms with E-state index in [1.807, 2.05) is 11.1 Å². The molecule has 1 aromatic rings. The van der Waals surface area contributed by atoms with E-state index in [1.165, 1.54) is 24.8 Å². The molecular weight excluding hydrogens is 328 g/mol. The summed E-state index contributed by atoms with van der Waals surface area (Å²) >= 11 is 0. The molecular formula is C19H28N6O. The molecule has 26 heavy (non-hydrogen) atoms. The van der Waals surface area contributed by atoms with E-state index < -0.39 is 0 Å². The van der Waals surface area contributed by atoms with E-state index >= 15 is 0 Å². The average Bonchev–Trinajstić information content (AvgIpc) is 3.01. The molecule has 0 spiro atoms. The third-order valence-electron chi connectivity index (χ3n) is 5.90. The molecule has 1 aromatic heterocycles. The van der Waals surface area contributed by atoms with E-state index in [9.17, 15) is 4.79 Å². The lowest BCUT2D eigenvalue weighted by Gasteiger charge is -2.43. The Morgan fingerprint density at radius 3 is 2.77 bits per heavy atom. The van der Waals surface area contributed by atoms with E-state index in [4.69, 9.17) is 0 Å². The fourth-order valence-electron chi connectivity index (χ4n) is 4.10. The Morgan fingerprint density at radius 2 is 2.08 bits per heavy atom. The van der Waals surface area contributed by atoms with Gasteiger partial charge in [-0.1, -0.05) is 6.42 Å². The molecule has 0 aromatic carbocycles. The molecule has 4 rings (SSSR count). The molecule has 0 N–H and O–H groups in total. The maximum absolute atomic E-state index is 12.7. The summed E-state index contributed by atoms with van der Waals surface area (Å²) in [5.74, 6) is 0.268. The molecule has 3 aliphatic rings. The molecule has 0 radical (unpaired) electrons. The van der Waals surface area contributed by atoms with E-state index in [0.29, 0.717) is 6.54 Å². The van der Waals surface area contributed by atoms with Crippen molar-refractivity contribution in [3.63, 3.8) is 0 Å². The lowest BCUT2D eigenvalue weighted by atomic mass is 9.91. The Bertz CT molecular complexity index is 684. The second-order valence-electron chi connectivity index (χ2n) is 7.52. The first-order valence-electron chi connectivity index (χ1n) is 9.66. The van der Waals surface area contributed by atoms with Crippen molar-refractivity contribution in [1.29, 1.82) is 0 Å². The second kappa shape index (κ2) is 7.72. The number of nitrogens with zero attached hydrogens (tertiary/aromatic N) is 6. The largest absolute Gasteiger partial charge is 0.339 e. The molecule has 0 atom stereocenters. The van der Waals surface area contributed by atoms with E-state index in [-0.39, 0.29) is 5.91 Å². The van der Waals surface area contributed by atoms with Gasteiger partial charge in [-0.15, -0.1) is 0 Å². The number of amides is 1. The standard InChI is InChI=1S/C19H28N6O/c1-20-6-8-25-14-16-13-22(7-5-18(16)21-25)15-19(26)24-11-9-23(10-12-24)17-3-2-4-17/h6,8,14,17H,1-5,7,9-13,15H2/b8-6+. The van der Waals surface area contributed by atoms with Crippen molar-refractivity contribution in [3.8, 4) is 0 Å². The zero-order valence-corrected chi connectivity index (χ0v) is 15.4. The second-order valence-corrected chi connectivity index (χ2v) is 7.52. The first kappa shape index (κ1) is 17.4. The molecule has 1 saturated carbocycles. The third-order valence-corrected chi connectivity index (χ3v) is 5.90. The van der Waals surface area contributed by atoms with E-state index in [1.54, 1.807) is 17.1 Å². The quantitative estimate of drug-likeness (QED) is 0.741. The minimum atomic E-state index is 0.268. The highest BCUT2D eigenvalue weighted by atomic mass is 16.2. The van der Waals surface area contributed by atoms with Gasteiger partial charge in [-0.3, -0.25) is 19.6 Å². The third kappa shape index (κ3) is 3.73. The molecule has 2 aliphatic heterocycles. The van der Waals surface area contributed by atoms with Crippen molar-refractivity contribution in [2.75, 3.05) is 39.3 Å². The minimum Gasteiger partial charge on any atom is -0.339 e.